The lowest BCUT2D eigenvalue weighted by Gasteiger charge is -2.41. The van der Waals surface area contributed by atoms with E-state index in [4.69, 9.17) is 16.6 Å². The van der Waals surface area contributed by atoms with E-state index in [9.17, 15) is 4.79 Å². The summed E-state index contributed by atoms with van der Waals surface area (Å²) in [4.78, 5) is 25.5. The average molecular weight is 536 g/mol. The first-order valence-corrected chi connectivity index (χ1v) is 14.7. The molecule has 4 rings (SSSR count). The van der Waals surface area contributed by atoms with Crippen molar-refractivity contribution in [3.05, 3.63) is 83.3 Å². The summed E-state index contributed by atoms with van der Waals surface area (Å²) in [7, 11) is 0. The summed E-state index contributed by atoms with van der Waals surface area (Å²) in [6.07, 6.45) is 4.98. The number of rotatable bonds is 13. The molecule has 1 N–H and O–H groups in total. The highest BCUT2D eigenvalue weighted by atomic mass is 35.5. The Morgan fingerprint density at radius 1 is 0.947 bits per heavy atom. The van der Waals surface area contributed by atoms with Crippen molar-refractivity contribution in [2.24, 2.45) is 10.9 Å². The van der Waals surface area contributed by atoms with Gasteiger partial charge in [0.15, 0.2) is 5.84 Å². The van der Waals surface area contributed by atoms with E-state index in [0.29, 0.717) is 12.5 Å². The second kappa shape index (κ2) is 14.2. The molecule has 0 radical (unpaired) electrons. The second-order valence-electron chi connectivity index (χ2n) is 10.1. The maximum Gasteiger partial charge on any atom is 0.227 e. The van der Waals surface area contributed by atoms with E-state index in [-0.39, 0.29) is 11.8 Å². The highest BCUT2D eigenvalue weighted by molar-refractivity contribution is 6.17. The molecule has 2 aromatic rings. The topological polar surface area (TPSA) is 51.2 Å². The number of halogens is 1. The summed E-state index contributed by atoms with van der Waals surface area (Å²) >= 11 is 6.04. The van der Waals surface area contributed by atoms with Crippen molar-refractivity contribution in [3.8, 4) is 0 Å². The predicted octanol–water partition coefficient (Wildman–Crippen LogP) is 5.81. The van der Waals surface area contributed by atoms with Crippen LogP contribution in [-0.2, 0) is 17.9 Å². The lowest BCUT2D eigenvalue weighted by molar-refractivity contribution is -0.126. The van der Waals surface area contributed by atoms with Crippen LogP contribution in [-0.4, -0.2) is 58.6 Å². The van der Waals surface area contributed by atoms with E-state index >= 15 is 0 Å². The molecule has 0 spiro atoms. The molecule has 6 nitrogen and oxygen atoms in total. The molecule has 2 aromatic carbocycles. The first-order chi connectivity index (χ1) is 18.6. The molecule has 0 unspecified atom stereocenters. The van der Waals surface area contributed by atoms with Gasteiger partial charge in [-0.25, -0.2) is 4.99 Å². The van der Waals surface area contributed by atoms with Crippen LogP contribution in [0.25, 0.3) is 0 Å². The number of carbonyl (C=O) groups excluding carboxylic acids is 1. The highest BCUT2D eigenvalue weighted by Crippen LogP contribution is 2.29. The quantitative estimate of drug-likeness (QED) is 0.260. The largest absolute Gasteiger partial charge is 0.352 e. The third kappa shape index (κ3) is 7.10. The van der Waals surface area contributed by atoms with Gasteiger partial charge in [0.1, 0.15) is 18.2 Å². The molecule has 1 aliphatic heterocycles. The van der Waals surface area contributed by atoms with Crippen LogP contribution in [0, 0.1) is 5.92 Å². The number of nitrogens with zero attached hydrogens (tertiary/aromatic N) is 4. The Bertz CT molecular complexity index is 1080. The molecule has 38 heavy (non-hydrogen) atoms. The molecular weight excluding hydrogens is 494 g/mol. The van der Waals surface area contributed by atoms with Crippen molar-refractivity contribution in [1.29, 1.82) is 0 Å². The molecule has 1 heterocycles. The molecule has 1 saturated carbocycles. The molecule has 0 bridgehead atoms. The third-order valence-electron chi connectivity index (χ3n) is 7.47. The minimum absolute atomic E-state index is 0.0880. The smallest absolute Gasteiger partial charge is 0.227 e. The molecular formula is C31H42ClN5O. The van der Waals surface area contributed by atoms with Crippen LogP contribution in [0.15, 0.2) is 77.2 Å². The molecule has 1 amide bonds. The summed E-state index contributed by atoms with van der Waals surface area (Å²) in [6, 6.07) is 21.0. The Balaban J connectivity index is 1.75. The van der Waals surface area contributed by atoms with Gasteiger partial charge in [-0.1, -0.05) is 67.1 Å². The van der Waals surface area contributed by atoms with Gasteiger partial charge in [0, 0.05) is 44.5 Å². The Labute approximate surface area is 233 Å². The number of amidine groups is 1. The fraction of sp³-hybridized carbons (Fsp3) is 0.484. The number of amides is 1. The summed E-state index contributed by atoms with van der Waals surface area (Å²) in [5, 5.41) is 3.40. The lowest BCUT2D eigenvalue weighted by Crippen LogP contribution is -2.50. The van der Waals surface area contributed by atoms with Gasteiger partial charge < -0.3 is 20.0 Å². The maximum atomic E-state index is 13.4. The van der Waals surface area contributed by atoms with Crippen LogP contribution >= 0.6 is 11.6 Å². The van der Waals surface area contributed by atoms with Gasteiger partial charge >= 0.3 is 0 Å². The van der Waals surface area contributed by atoms with Crippen LogP contribution in [0.4, 0.5) is 0 Å². The zero-order valence-corrected chi connectivity index (χ0v) is 23.7. The summed E-state index contributed by atoms with van der Waals surface area (Å²) in [5.41, 5.74) is 3.31. The van der Waals surface area contributed by atoms with Crippen molar-refractivity contribution in [2.45, 2.75) is 59.0 Å². The number of carbonyl (C=O) groups is 1. The van der Waals surface area contributed by atoms with Gasteiger partial charge in [0.2, 0.25) is 5.91 Å². The van der Waals surface area contributed by atoms with Crippen molar-refractivity contribution in [3.63, 3.8) is 0 Å². The van der Waals surface area contributed by atoms with Crippen LogP contribution in [0.5, 0.6) is 0 Å². The SMILES string of the molecule is CCN(Cc1ccccc1)C1=NCN(CCCCCl)C(N(CC)Cc2ccccc2)=C1NC(=O)C1CCC1. The third-order valence-corrected chi connectivity index (χ3v) is 7.74. The van der Waals surface area contributed by atoms with E-state index in [1.807, 2.05) is 6.07 Å². The Kier molecular flexibility index (Phi) is 10.5. The van der Waals surface area contributed by atoms with Gasteiger partial charge in [-0.05, 0) is 50.7 Å². The summed E-state index contributed by atoms with van der Waals surface area (Å²) in [6.45, 7) is 8.86. The molecule has 0 aromatic heterocycles. The van der Waals surface area contributed by atoms with Crippen LogP contribution < -0.4 is 5.32 Å². The number of aliphatic imine (C=N–C) groups is 1. The van der Waals surface area contributed by atoms with Gasteiger partial charge in [-0.3, -0.25) is 4.79 Å². The molecule has 1 aliphatic carbocycles. The minimum atomic E-state index is 0.0880. The number of alkyl halides is 1. The average Bonchev–Trinajstić information content (AvgIpc) is 2.91. The Morgan fingerprint density at radius 3 is 2.08 bits per heavy atom. The first kappa shape index (κ1) is 28.0. The number of nitrogens with one attached hydrogen (secondary N) is 1. The van der Waals surface area contributed by atoms with Gasteiger partial charge in [-0.15, -0.1) is 11.6 Å². The van der Waals surface area contributed by atoms with Crippen molar-refractivity contribution >= 4 is 23.3 Å². The van der Waals surface area contributed by atoms with E-state index in [1.165, 1.54) is 11.1 Å². The van der Waals surface area contributed by atoms with Crippen molar-refractivity contribution < 1.29 is 4.79 Å². The Hall–Kier alpha value is -2.99. The molecule has 7 heteroatoms. The zero-order chi connectivity index (χ0) is 26.7. The molecule has 1 fully saturated rings. The van der Waals surface area contributed by atoms with Crippen LogP contribution in [0.1, 0.15) is 57.1 Å². The highest BCUT2D eigenvalue weighted by Gasteiger charge is 2.34. The van der Waals surface area contributed by atoms with Crippen LogP contribution in [0.2, 0.25) is 0 Å². The standard InChI is InChI=1S/C31H42ClN5O/c1-3-35(22-25-14-7-5-8-15-25)29-28(34-30(38)27-18-13-19-27)31(37(24-33-29)21-12-11-20-32)36(4-2)23-26-16-9-6-10-17-26/h5-10,14-17,27H,3-4,11-13,18-24H2,1-2H3,(H,34,38). The number of hydrogen-bond acceptors (Lipinski definition) is 5. The number of unbranched alkanes of at least 4 members (excludes halogenated alkanes) is 1. The van der Waals surface area contributed by atoms with Gasteiger partial charge in [0.05, 0.1) is 0 Å². The second-order valence-corrected chi connectivity index (χ2v) is 10.5. The fourth-order valence-corrected chi connectivity index (χ4v) is 5.22. The number of likely N-dealkylation sites (N-methyl/N-ethyl adjacent to an activating group) is 1. The van der Waals surface area contributed by atoms with E-state index in [0.717, 1.165) is 82.2 Å². The van der Waals surface area contributed by atoms with Crippen molar-refractivity contribution in [1.82, 2.24) is 20.0 Å². The zero-order valence-electron chi connectivity index (χ0n) is 22.9. The van der Waals surface area contributed by atoms with E-state index < -0.39 is 0 Å². The lowest BCUT2D eigenvalue weighted by atomic mass is 9.85. The molecule has 2 aliphatic rings. The van der Waals surface area contributed by atoms with E-state index in [1.54, 1.807) is 0 Å². The Morgan fingerprint density at radius 2 is 1.55 bits per heavy atom. The first-order valence-electron chi connectivity index (χ1n) is 14.1. The fourth-order valence-electron chi connectivity index (χ4n) is 5.03. The van der Waals surface area contributed by atoms with E-state index in [2.05, 4.69) is 88.5 Å². The summed E-state index contributed by atoms with van der Waals surface area (Å²) < 4.78 is 0. The monoisotopic (exact) mass is 535 g/mol. The number of benzene rings is 2. The normalized spacial score (nSPS) is 15.7. The minimum Gasteiger partial charge on any atom is -0.352 e. The molecule has 204 valence electrons. The maximum absolute atomic E-state index is 13.4. The number of hydrogen-bond donors (Lipinski definition) is 1. The van der Waals surface area contributed by atoms with Gasteiger partial charge in [0.25, 0.3) is 0 Å². The molecule has 0 saturated heterocycles. The van der Waals surface area contributed by atoms with Crippen LogP contribution in [0.3, 0.4) is 0 Å². The predicted molar refractivity (Wildman–Crippen MR) is 157 cm³/mol. The summed E-state index contributed by atoms with van der Waals surface area (Å²) in [5.74, 6) is 2.79. The van der Waals surface area contributed by atoms with Gasteiger partial charge in [-0.2, -0.15) is 0 Å². The molecule has 0 atom stereocenters. The van der Waals surface area contributed by atoms with Crippen molar-refractivity contribution in [2.75, 3.05) is 32.2 Å².